The highest BCUT2D eigenvalue weighted by atomic mass is 19.1. The van der Waals surface area contributed by atoms with Crippen LogP contribution in [0.5, 0.6) is 5.75 Å². The van der Waals surface area contributed by atoms with Crippen molar-refractivity contribution in [3.63, 3.8) is 0 Å². The molecular weight excluding hydrogens is 285 g/mol. The minimum atomic E-state index is -0.932. The summed E-state index contributed by atoms with van der Waals surface area (Å²) >= 11 is 0. The lowest BCUT2D eigenvalue weighted by atomic mass is 10.1. The van der Waals surface area contributed by atoms with Gasteiger partial charge in [0.15, 0.2) is 5.75 Å². The molecule has 0 aliphatic rings. The van der Waals surface area contributed by atoms with Crippen molar-refractivity contribution in [3.05, 3.63) is 60.7 Å². The summed E-state index contributed by atoms with van der Waals surface area (Å²) < 4.78 is 18.4. The van der Waals surface area contributed by atoms with E-state index in [9.17, 15) is 9.18 Å². The van der Waals surface area contributed by atoms with Crippen LogP contribution in [-0.2, 0) is 0 Å². The van der Waals surface area contributed by atoms with Gasteiger partial charge in [-0.25, -0.2) is 9.18 Å². The highest BCUT2D eigenvalue weighted by molar-refractivity contribution is 5.78. The predicted molar refractivity (Wildman–Crippen MR) is 79.6 cm³/mol. The van der Waals surface area contributed by atoms with Gasteiger partial charge in [0.2, 0.25) is 0 Å². The standard InChI is InChI=1S/C16H12FN3O2/c17-12-3-1-2-11(8-12)15-14(22-16(18)21)9-13(20-15)10-4-6-19-7-5-10/h1-9,20H,(H2,18,21). The average molecular weight is 297 g/mol. The Bertz CT molecular complexity index is 815. The summed E-state index contributed by atoms with van der Waals surface area (Å²) in [6.07, 6.45) is 2.36. The van der Waals surface area contributed by atoms with Crippen molar-refractivity contribution < 1.29 is 13.9 Å². The molecule has 22 heavy (non-hydrogen) atoms. The molecule has 0 aliphatic heterocycles. The van der Waals surface area contributed by atoms with E-state index < -0.39 is 6.09 Å². The van der Waals surface area contributed by atoms with Crippen molar-refractivity contribution >= 4 is 6.09 Å². The van der Waals surface area contributed by atoms with Gasteiger partial charge in [-0.3, -0.25) is 4.98 Å². The van der Waals surface area contributed by atoms with E-state index in [4.69, 9.17) is 10.5 Å². The second-order valence-electron chi connectivity index (χ2n) is 4.59. The van der Waals surface area contributed by atoms with Gasteiger partial charge in [-0.05, 0) is 24.3 Å². The summed E-state index contributed by atoms with van der Waals surface area (Å²) in [6, 6.07) is 11.2. The molecule has 1 aromatic carbocycles. The van der Waals surface area contributed by atoms with E-state index in [0.29, 0.717) is 17.0 Å². The van der Waals surface area contributed by atoms with E-state index >= 15 is 0 Å². The van der Waals surface area contributed by atoms with Crippen LogP contribution in [0.25, 0.3) is 22.5 Å². The Morgan fingerprint density at radius 2 is 1.91 bits per heavy atom. The minimum absolute atomic E-state index is 0.241. The number of carbonyl (C=O) groups is 1. The van der Waals surface area contributed by atoms with Gasteiger partial charge in [-0.15, -0.1) is 0 Å². The predicted octanol–water partition coefficient (Wildman–Crippen LogP) is 3.34. The first kappa shape index (κ1) is 13.8. The number of aromatic nitrogens is 2. The van der Waals surface area contributed by atoms with E-state index in [1.54, 1.807) is 42.7 Å². The molecule has 1 amide bonds. The number of carbonyl (C=O) groups excluding carboxylic acids is 1. The van der Waals surface area contributed by atoms with Gasteiger partial charge >= 0.3 is 6.09 Å². The van der Waals surface area contributed by atoms with E-state index in [1.807, 2.05) is 0 Å². The third kappa shape index (κ3) is 2.80. The maximum Gasteiger partial charge on any atom is 0.410 e. The SMILES string of the molecule is NC(=O)Oc1cc(-c2ccncc2)[nH]c1-c1cccc(F)c1. The normalized spacial score (nSPS) is 10.4. The van der Waals surface area contributed by atoms with Gasteiger partial charge in [0.05, 0.1) is 5.69 Å². The van der Waals surface area contributed by atoms with Crippen LogP contribution < -0.4 is 10.5 Å². The minimum Gasteiger partial charge on any atom is -0.408 e. The smallest absolute Gasteiger partial charge is 0.408 e. The molecule has 0 atom stereocenters. The van der Waals surface area contributed by atoms with Crippen LogP contribution in [0.4, 0.5) is 9.18 Å². The lowest BCUT2D eigenvalue weighted by Crippen LogP contribution is -2.16. The molecular formula is C16H12FN3O2. The monoisotopic (exact) mass is 297 g/mol. The number of hydrogen-bond acceptors (Lipinski definition) is 3. The number of pyridine rings is 1. The van der Waals surface area contributed by atoms with Gasteiger partial charge in [-0.2, -0.15) is 0 Å². The summed E-state index contributed by atoms with van der Waals surface area (Å²) in [4.78, 5) is 18.1. The van der Waals surface area contributed by atoms with E-state index in [0.717, 1.165) is 5.56 Å². The van der Waals surface area contributed by atoms with Gasteiger partial charge in [-0.1, -0.05) is 12.1 Å². The zero-order chi connectivity index (χ0) is 15.5. The second-order valence-corrected chi connectivity index (χ2v) is 4.59. The molecule has 0 bridgehead atoms. The van der Waals surface area contributed by atoms with Gasteiger partial charge < -0.3 is 15.5 Å². The number of hydrogen-bond donors (Lipinski definition) is 2. The molecule has 6 heteroatoms. The van der Waals surface area contributed by atoms with Crippen LogP contribution in [0.3, 0.4) is 0 Å². The molecule has 3 N–H and O–H groups in total. The lowest BCUT2D eigenvalue weighted by molar-refractivity contribution is 0.211. The lowest BCUT2D eigenvalue weighted by Gasteiger charge is -2.03. The average Bonchev–Trinajstić information content (AvgIpc) is 2.91. The molecule has 0 spiro atoms. The highest BCUT2D eigenvalue weighted by Gasteiger charge is 2.15. The summed E-state index contributed by atoms with van der Waals surface area (Å²) in [5, 5.41) is 0. The van der Waals surface area contributed by atoms with Crippen molar-refractivity contribution in [1.82, 2.24) is 9.97 Å². The van der Waals surface area contributed by atoms with E-state index in [-0.39, 0.29) is 11.6 Å². The Hall–Kier alpha value is -3.15. The summed E-state index contributed by atoms with van der Waals surface area (Å²) in [5.41, 5.74) is 7.68. The van der Waals surface area contributed by atoms with Crippen molar-refractivity contribution in [2.24, 2.45) is 5.73 Å². The number of nitrogens with zero attached hydrogens (tertiary/aromatic N) is 1. The zero-order valence-corrected chi connectivity index (χ0v) is 11.4. The number of nitrogens with two attached hydrogens (primary N) is 1. The Kier molecular flexibility index (Phi) is 3.57. The van der Waals surface area contributed by atoms with Gasteiger partial charge in [0, 0.05) is 35.3 Å². The molecule has 0 fully saturated rings. The Morgan fingerprint density at radius 1 is 1.14 bits per heavy atom. The maximum atomic E-state index is 13.4. The van der Waals surface area contributed by atoms with Gasteiger partial charge in [0.25, 0.3) is 0 Å². The third-order valence-electron chi connectivity index (χ3n) is 3.10. The fraction of sp³-hybridized carbons (Fsp3) is 0. The van der Waals surface area contributed by atoms with Crippen LogP contribution in [0.15, 0.2) is 54.9 Å². The van der Waals surface area contributed by atoms with Crippen LogP contribution in [0.2, 0.25) is 0 Å². The molecule has 0 aliphatic carbocycles. The Morgan fingerprint density at radius 3 is 2.59 bits per heavy atom. The molecule has 0 radical (unpaired) electrons. The summed E-state index contributed by atoms with van der Waals surface area (Å²) in [6.45, 7) is 0. The number of ether oxygens (including phenoxy) is 1. The number of primary amides is 1. The molecule has 0 unspecified atom stereocenters. The fourth-order valence-electron chi connectivity index (χ4n) is 2.17. The number of benzene rings is 1. The number of halogens is 1. The topological polar surface area (TPSA) is 81.0 Å². The molecule has 0 saturated heterocycles. The fourth-order valence-corrected chi connectivity index (χ4v) is 2.17. The molecule has 2 aromatic heterocycles. The maximum absolute atomic E-state index is 13.4. The van der Waals surface area contributed by atoms with E-state index in [1.165, 1.54) is 12.1 Å². The van der Waals surface area contributed by atoms with Gasteiger partial charge in [0.1, 0.15) is 5.82 Å². The quantitative estimate of drug-likeness (QED) is 0.778. The van der Waals surface area contributed by atoms with Crippen LogP contribution in [0.1, 0.15) is 0 Å². The van der Waals surface area contributed by atoms with Crippen molar-refractivity contribution in [2.45, 2.75) is 0 Å². The zero-order valence-electron chi connectivity index (χ0n) is 11.4. The Labute approximate surface area is 125 Å². The number of aromatic amines is 1. The largest absolute Gasteiger partial charge is 0.410 e. The molecule has 110 valence electrons. The number of rotatable bonds is 3. The molecule has 0 saturated carbocycles. The first-order valence-electron chi connectivity index (χ1n) is 6.50. The molecule has 5 nitrogen and oxygen atoms in total. The number of nitrogens with one attached hydrogen (secondary N) is 1. The third-order valence-corrected chi connectivity index (χ3v) is 3.10. The molecule has 3 aromatic rings. The van der Waals surface area contributed by atoms with Crippen LogP contribution in [0, 0.1) is 5.82 Å². The molecule has 2 heterocycles. The summed E-state index contributed by atoms with van der Waals surface area (Å²) in [5.74, 6) is -0.146. The Balaban J connectivity index is 2.11. The van der Waals surface area contributed by atoms with Crippen molar-refractivity contribution in [1.29, 1.82) is 0 Å². The number of amides is 1. The van der Waals surface area contributed by atoms with Crippen LogP contribution in [-0.4, -0.2) is 16.1 Å². The molecule has 3 rings (SSSR count). The first-order chi connectivity index (χ1) is 10.6. The van der Waals surface area contributed by atoms with Crippen LogP contribution >= 0.6 is 0 Å². The van der Waals surface area contributed by atoms with Crippen molar-refractivity contribution in [2.75, 3.05) is 0 Å². The van der Waals surface area contributed by atoms with E-state index in [2.05, 4.69) is 9.97 Å². The first-order valence-corrected chi connectivity index (χ1v) is 6.50. The summed E-state index contributed by atoms with van der Waals surface area (Å²) in [7, 11) is 0. The second kappa shape index (κ2) is 5.69. The van der Waals surface area contributed by atoms with Crippen molar-refractivity contribution in [3.8, 4) is 28.3 Å². The highest BCUT2D eigenvalue weighted by Crippen LogP contribution is 2.34. The number of H-pyrrole nitrogens is 1.